The predicted molar refractivity (Wildman–Crippen MR) is 128 cm³/mol. The Morgan fingerprint density at radius 3 is 2.32 bits per heavy atom. The van der Waals surface area contributed by atoms with E-state index in [1.807, 2.05) is 42.5 Å². The van der Waals surface area contributed by atoms with E-state index >= 15 is 0 Å². The molecule has 2 aliphatic rings. The van der Waals surface area contributed by atoms with Crippen LogP contribution in [-0.4, -0.2) is 47.9 Å². The highest BCUT2D eigenvalue weighted by atomic mass is 19.1. The Bertz CT molecular complexity index is 1030. The van der Waals surface area contributed by atoms with E-state index in [9.17, 15) is 18.8 Å². The lowest BCUT2D eigenvalue weighted by molar-refractivity contribution is -0.144. The molecule has 34 heavy (non-hydrogen) atoms. The van der Waals surface area contributed by atoms with Gasteiger partial charge in [0.1, 0.15) is 12.2 Å². The van der Waals surface area contributed by atoms with Gasteiger partial charge >= 0.3 is 0 Å². The SMILES string of the molecule is CC(C)c1ccc(C(NC(=O)C2CC(F)CN2C(=O)C2CCNC(=O)C2)c2ccccc2)cc1. The molecule has 0 saturated carbocycles. The Balaban J connectivity index is 1.56. The summed E-state index contributed by atoms with van der Waals surface area (Å²) in [5.41, 5.74) is 3.02. The number of piperidine rings is 1. The maximum atomic E-state index is 14.4. The van der Waals surface area contributed by atoms with Gasteiger partial charge in [0.15, 0.2) is 0 Å². The first-order valence-electron chi connectivity index (χ1n) is 12.0. The van der Waals surface area contributed by atoms with E-state index in [1.165, 1.54) is 10.5 Å². The van der Waals surface area contributed by atoms with Crippen LogP contribution < -0.4 is 10.6 Å². The van der Waals surface area contributed by atoms with Crippen molar-refractivity contribution in [3.63, 3.8) is 0 Å². The van der Waals surface area contributed by atoms with Crippen LogP contribution in [0, 0.1) is 5.92 Å². The number of hydrogen-bond acceptors (Lipinski definition) is 3. The Labute approximate surface area is 199 Å². The smallest absolute Gasteiger partial charge is 0.243 e. The van der Waals surface area contributed by atoms with Gasteiger partial charge in [-0.3, -0.25) is 14.4 Å². The molecule has 2 saturated heterocycles. The molecule has 6 nitrogen and oxygen atoms in total. The number of halogens is 1. The van der Waals surface area contributed by atoms with Crippen molar-refractivity contribution in [1.29, 1.82) is 0 Å². The van der Waals surface area contributed by atoms with Crippen LogP contribution in [0.4, 0.5) is 4.39 Å². The highest BCUT2D eigenvalue weighted by Gasteiger charge is 2.43. The zero-order chi connectivity index (χ0) is 24.2. The van der Waals surface area contributed by atoms with Crippen molar-refractivity contribution < 1.29 is 18.8 Å². The van der Waals surface area contributed by atoms with Crippen LogP contribution >= 0.6 is 0 Å². The molecule has 0 aliphatic carbocycles. The van der Waals surface area contributed by atoms with Crippen LogP contribution in [0.25, 0.3) is 0 Å². The Morgan fingerprint density at radius 1 is 1.03 bits per heavy atom. The fourth-order valence-electron chi connectivity index (χ4n) is 4.82. The molecule has 7 heteroatoms. The maximum absolute atomic E-state index is 14.4. The fraction of sp³-hybridized carbons (Fsp3) is 0.444. The first kappa shape index (κ1) is 23.9. The Hall–Kier alpha value is -3.22. The van der Waals surface area contributed by atoms with E-state index < -0.39 is 24.2 Å². The van der Waals surface area contributed by atoms with Crippen molar-refractivity contribution in [1.82, 2.24) is 15.5 Å². The number of nitrogens with zero attached hydrogens (tertiary/aromatic N) is 1. The average Bonchev–Trinajstić information content (AvgIpc) is 3.24. The van der Waals surface area contributed by atoms with E-state index in [2.05, 4.69) is 36.6 Å². The lowest BCUT2D eigenvalue weighted by Gasteiger charge is -2.31. The van der Waals surface area contributed by atoms with Crippen molar-refractivity contribution in [2.75, 3.05) is 13.1 Å². The van der Waals surface area contributed by atoms with Gasteiger partial charge in [-0.25, -0.2) is 4.39 Å². The van der Waals surface area contributed by atoms with Crippen LogP contribution in [-0.2, 0) is 14.4 Å². The molecule has 2 fully saturated rings. The molecule has 0 spiro atoms. The van der Waals surface area contributed by atoms with Gasteiger partial charge in [-0.05, 0) is 29.0 Å². The third kappa shape index (κ3) is 5.29. The monoisotopic (exact) mass is 465 g/mol. The number of carbonyl (C=O) groups is 3. The quantitative estimate of drug-likeness (QED) is 0.686. The minimum Gasteiger partial charge on any atom is -0.356 e. The summed E-state index contributed by atoms with van der Waals surface area (Å²) >= 11 is 0. The van der Waals surface area contributed by atoms with Crippen LogP contribution in [0.2, 0.25) is 0 Å². The third-order valence-corrected chi connectivity index (χ3v) is 6.79. The highest BCUT2D eigenvalue weighted by Crippen LogP contribution is 2.29. The molecule has 2 aromatic rings. The van der Waals surface area contributed by atoms with Crippen molar-refractivity contribution in [3.05, 3.63) is 71.3 Å². The number of benzene rings is 2. The lowest BCUT2D eigenvalue weighted by atomic mass is 9.94. The summed E-state index contributed by atoms with van der Waals surface area (Å²) in [5.74, 6) is -0.998. The van der Waals surface area contributed by atoms with Crippen molar-refractivity contribution in [2.45, 2.75) is 57.3 Å². The first-order valence-corrected chi connectivity index (χ1v) is 12.0. The summed E-state index contributed by atoms with van der Waals surface area (Å²) in [5, 5.41) is 5.79. The second kappa shape index (κ2) is 10.4. The molecule has 2 N–H and O–H groups in total. The van der Waals surface area contributed by atoms with Crippen LogP contribution in [0.1, 0.15) is 61.8 Å². The summed E-state index contributed by atoms with van der Waals surface area (Å²) in [6, 6.07) is 16.4. The van der Waals surface area contributed by atoms with E-state index in [0.29, 0.717) is 18.9 Å². The van der Waals surface area contributed by atoms with E-state index in [0.717, 1.165) is 11.1 Å². The number of hydrogen-bond donors (Lipinski definition) is 2. The number of alkyl halides is 1. The van der Waals surface area contributed by atoms with E-state index in [1.54, 1.807) is 0 Å². The average molecular weight is 466 g/mol. The third-order valence-electron chi connectivity index (χ3n) is 6.79. The molecule has 2 heterocycles. The molecule has 180 valence electrons. The summed E-state index contributed by atoms with van der Waals surface area (Å²) in [7, 11) is 0. The number of likely N-dealkylation sites (tertiary alicyclic amines) is 1. The molecule has 2 aliphatic heterocycles. The Morgan fingerprint density at radius 2 is 1.68 bits per heavy atom. The first-order chi connectivity index (χ1) is 16.3. The van der Waals surface area contributed by atoms with Crippen molar-refractivity contribution in [2.24, 2.45) is 5.92 Å². The Kier molecular flexibility index (Phi) is 7.29. The van der Waals surface area contributed by atoms with Gasteiger partial charge in [0.05, 0.1) is 12.6 Å². The normalized spacial score (nSPS) is 23.5. The van der Waals surface area contributed by atoms with Gasteiger partial charge in [0.2, 0.25) is 17.7 Å². The maximum Gasteiger partial charge on any atom is 0.243 e. The number of nitrogens with one attached hydrogen (secondary N) is 2. The predicted octanol–water partition coefficient (Wildman–Crippen LogP) is 3.48. The minimum absolute atomic E-state index is 0.0374. The van der Waals surface area contributed by atoms with Gasteiger partial charge in [-0.1, -0.05) is 68.4 Å². The van der Waals surface area contributed by atoms with Gasteiger partial charge < -0.3 is 15.5 Å². The van der Waals surface area contributed by atoms with Crippen molar-refractivity contribution >= 4 is 17.7 Å². The summed E-state index contributed by atoms with van der Waals surface area (Å²) in [4.78, 5) is 39.7. The molecule has 4 unspecified atom stereocenters. The zero-order valence-corrected chi connectivity index (χ0v) is 19.7. The second-order valence-electron chi connectivity index (χ2n) is 9.55. The molecule has 4 atom stereocenters. The number of rotatable bonds is 6. The van der Waals surface area contributed by atoms with Gasteiger partial charge in [-0.2, -0.15) is 0 Å². The molecule has 0 aromatic heterocycles. The van der Waals surface area contributed by atoms with E-state index in [-0.39, 0.29) is 37.1 Å². The van der Waals surface area contributed by atoms with Crippen molar-refractivity contribution in [3.8, 4) is 0 Å². The molecular formula is C27H32FN3O3. The molecule has 0 radical (unpaired) electrons. The van der Waals surface area contributed by atoms with Crippen LogP contribution in [0.5, 0.6) is 0 Å². The van der Waals surface area contributed by atoms with Crippen LogP contribution in [0.3, 0.4) is 0 Å². The molecule has 0 bridgehead atoms. The molecule has 2 aromatic carbocycles. The van der Waals surface area contributed by atoms with Crippen LogP contribution in [0.15, 0.2) is 54.6 Å². The van der Waals surface area contributed by atoms with E-state index in [4.69, 9.17) is 0 Å². The molecular weight excluding hydrogens is 433 g/mol. The standard InChI is InChI=1S/C27H32FN3O3/c1-17(2)18-8-10-20(11-9-18)25(19-6-4-3-5-7-19)30-26(33)23-15-22(28)16-31(23)27(34)21-12-13-29-24(32)14-21/h3-11,17,21-23,25H,12-16H2,1-2H3,(H,29,32)(H,30,33). The molecule has 4 rings (SSSR count). The summed E-state index contributed by atoms with van der Waals surface area (Å²) in [6.45, 7) is 4.55. The van der Waals surface area contributed by atoms with Gasteiger partial charge in [0, 0.05) is 25.3 Å². The second-order valence-corrected chi connectivity index (χ2v) is 9.55. The largest absolute Gasteiger partial charge is 0.356 e. The summed E-state index contributed by atoms with van der Waals surface area (Å²) < 4.78 is 14.4. The number of carbonyl (C=O) groups excluding carboxylic acids is 3. The summed E-state index contributed by atoms with van der Waals surface area (Å²) in [6.07, 6.45) is -0.723. The fourth-order valence-corrected chi connectivity index (χ4v) is 4.82. The highest BCUT2D eigenvalue weighted by molar-refractivity contribution is 5.92. The molecule has 3 amide bonds. The lowest BCUT2D eigenvalue weighted by Crippen LogP contribution is -2.50. The number of amides is 3. The topological polar surface area (TPSA) is 78.5 Å². The van der Waals surface area contributed by atoms with Gasteiger partial charge in [0.25, 0.3) is 0 Å². The zero-order valence-electron chi connectivity index (χ0n) is 19.7. The minimum atomic E-state index is -1.27. The van der Waals surface area contributed by atoms with Gasteiger partial charge in [-0.15, -0.1) is 0 Å².